The molecule has 0 atom stereocenters. The van der Waals surface area contributed by atoms with Gasteiger partial charge in [0, 0.05) is 42.6 Å². The lowest BCUT2D eigenvalue weighted by Gasteiger charge is -2.07. The van der Waals surface area contributed by atoms with E-state index >= 15 is 0 Å². The fourth-order valence-electron chi connectivity index (χ4n) is 2.04. The predicted octanol–water partition coefficient (Wildman–Crippen LogP) is 2.47. The number of pyridine rings is 1. The zero-order valence-corrected chi connectivity index (χ0v) is 13.3. The molecule has 0 radical (unpaired) electrons. The van der Waals surface area contributed by atoms with Crippen molar-refractivity contribution in [2.75, 3.05) is 20.8 Å². The Morgan fingerprint density at radius 1 is 1.22 bits per heavy atom. The van der Waals surface area contributed by atoms with E-state index in [9.17, 15) is 4.79 Å². The fourth-order valence-corrected chi connectivity index (χ4v) is 2.04. The van der Waals surface area contributed by atoms with Crippen molar-refractivity contribution >= 4 is 12.0 Å². The number of aromatic nitrogens is 1. The molecule has 1 aromatic heterocycles. The summed E-state index contributed by atoms with van der Waals surface area (Å²) in [4.78, 5) is 16.1. The maximum absolute atomic E-state index is 11.8. The van der Waals surface area contributed by atoms with Gasteiger partial charge in [-0.05, 0) is 30.3 Å². The summed E-state index contributed by atoms with van der Waals surface area (Å²) >= 11 is 0. The molecule has 0 unspecified atom stereocenters. The van der Waals surface area contributed by atoms with E-state index in [-0.39, 0.29) is 5.91 Å². The van der Waals surface area contributed by atoms with E-state index in [0.29, 0.717) is 24.5 Å². The predicted molar refractivity (Wildman–Crippen MR) is 89.5 cm³/mol. The normalized spacial score (nSPS) is 10.5. The number of rotatable bonds is 7. The number of carbonyl (C=O) groups excluding carboxylic acids is 1. The molecular formula is C18H20N2O3. The summed E-state index contributed by atoms with van der Waals surface area (Å²) in [6.45, 7) is 0.542. The number of ether oxygens (including phenoxy) is 2. The standard InChI is InChI=1S/C18H20N2O3/c1-22-16-8-6-14(17(13-16)23-2)7-9-18(21)20-12-10-15-5-3-4-11-19-15/h3-9,11,13H,10,12H2,1-2H3,(H,20,21)/b9-7+. The van der Waals surface area contributed by atoms with Crippen LogP contribution in [0.2, 0.25) is 0 Å². The molecule has 0 aliphatic heterocycles. The van der Waals surface area contributed by atoms with E-state index in [4.69, 9.17) is 9.47 Å². The first-order valence-electron chi connectivity index (χ1n) is 7.31. The molecule has 2 rings (SSSR count). The highest BCUT2D eigenvalue weighted by molar-refractivity contribution is 5.92. The van der Waals surface area contributed by atoms with Crippen molar-refractivity contribution in [1.82, 2.24) is 10.3 Å². The van der Waals surface area contributed by atoms with Crippen LogP contribution in [0.25, 0.3) is 6.08 Å². The summed E-state index contributed by atoms with van der Waals surface area (Å²) < 4.78 is 10.4. The zero-order chi connectivity index (χ0) is 16.5. The first-order valence-corrected chi connectivity index (χ1v) is 7.31. The van der Waals surface area contributed by atoms with Gasteiger partial charge in [-0.25, -0.2) is 0 Å². The van der Waals surface area contributed by atoms with Crippen molar-refractivity contribution < 1.29 is 14.3 Å². The second-order valence-corrected chi connectivity index (χ2v) is 4.80. The molecule has 0 fully saturated rings. The van der Waals surface area contributed by atoms with E-state index in [1.807, 2.05) is 30.3 Å². The van der Waals surface area contributed by atoms with E-state index in [2.05, 4.69) is 10.3 Å². The topological polar surface area (TPSA) is 60.5 Å². The molecule has 5 heteroatoms. The van der Waals surface area contributed by atoms with Gasteiger partial charge in [0.05, 0.1) is 14.2 Å². The molecule has 5 nitrogen and oxygen atoms in total. The average Bonchev–Trinajstić information content (AvgIpc) is 2.60. The van der Waals surface area contributed by atoms with Gasteiger partial charge in [-0.3, -0.25) is 9.78 Å². The molecule has 1 heterocycles. The van der Waals surface area contributed by atoms with Gasteiger partial charge < -0.3 is 14.8 Å². The number of nitrogens with one attached hydrogen (secondary N) is 1. The third-order valence-corrected chi connectivity index (χ3v) is 3.26. The van der Waals surface area contributed by atoms with Gasteiger partial charge in [-0.15, -0.1) is 0 Å². The van der Waals surface area contributed by atoms with Crippen molar-refractivity contribution in [1.29, 1.82) is 0 Å². The van der Waals surface area contributed by atoms with Crippen LogP contribution in [0.4, 0.5) is 0 Å². The number of hydrogen-bond donors (Lipinski definition) is 1. The van der Waals surface area contributed by atoms with Crippen LogP contribution in [-0.2, 0) is 11.2 Å². The van der Waals surface area contributed by atoms with Gasteiger partial charge in [-0.2, -0.15) is 0 Å². The number of nitrogens with zero attached hydrogens (tertiary/aromatic N) is 1. The van der Waals surface area contributed by atoms with Crippen molar-refractivity contribution in [2.45, 2.75) is 6.42 Å². The van der Waals surface area contributed by atoms with Crippen molar-refractivity contribution in [3.8, 4) is 11.5 Å². The molecule has 0 saturated carbocycles. The largest absolute Gasteiger partial charge is 0.497 e. The van der Waals surface area contributed by atoms with Gasteiger partial charge in [0.25, 0.3) is 0 Å². The minimum absolute atomic E-state index is 0.154. The average molecular weight is 312 g/mol. The molecule has 0 aliphatic carbocycles. The van der Waals surface area contributed by atoms with Crippen molar-refractivity contribution in [3.05, 3.63) is 59.9 Å². The van der Waals surface area contributed by atoms with Crippen LogP contribution in [0.1, 0.15) is 11.3 Å². The van der Waals surface area contributed by atoms with E-state index in [1.165, 1.54) is 6.08 Å². The van der Waals surface area contributed by atoms with Crippen molar-refractivity contribution in [3.63, 3.8) is 0 Å². The number of methoxy groups -OCH3 is 2. The molecule has 120 valence electrons. The molecule has 1 N–H and O–H groups in total. The van der Waals surface area contributed by atoms with Gasteiger partial charge in [-0.1, -0.05) is 6.07 Å². The minimum Gasteiger partial charge on any atom is -0.497 e. The highest BCUT2D eigenvalue weighted by Gasteiger charge is 2.03. The highest BCUT2D eigenvalue weighted by Crippen LogP contribution is 2.25. The Morgan fingerprint density at radius 3 is 2.78 bits per heavy atom. The van der Waals surface area contributed by atoms with Crippen LogP contribution >= 0.6 is 0 Å². The maximum Gasteiger partial charge on any atom is 0.244 e. The lowest BCUT2D eigenvalue weighted by molar-refractivity contribution is -0.116. The molecule has 0 bridgehead atoms. The smallest absolute Gasteiger partial charge is 0.244 e. The summed E-state index contributed by atoms with van der Waals surface area (Å²) in [7, 11) is 3.18. The van der Waals surface area contributed by atoms with Gasteiger partial charge in [0.1, 0.15) is 11.5 Å². The van der Waals surface area contributed by atoms with Crippen LogP contribution in [0.3, 0.4) is 0 Å². The van der Waals surface area contributed by atoms with Crippen molar-refractivity contribution in [2.24, 2.45) is 0 Å². The molecule has 0 saturated heterocycles. The fraction of sp³-hybridized carbons (Fsp3) is 0.222. The number of hydrogen-bond acceptors (Lipinski definition) is 4. The molecule has 23 heavy (non-hydrogen) atoms. The third-order valence-electron chi connectivity index (χ3n) is 3.26. The monoisotopic (exact) mass is 312 g/mol. The summed E-state index contributed by atoms with van der Waals surface area (Å²) in [5.41, 5.74) is 1.77. The summed E-state index contributed by atoms with van der Waals surface area (Å²) in [5.74, 6) is 1.21. The van der Waals surface area contributed by atoms with Gasteiger partial charge >= 0.3 is 0 Å². The third kappa shape index (κ3) is 5.14. The Kier molecular flexibility index (Phi) is 6.17. The van der Waals surface area contributed by atoms with Crippen LogP contribution in [0, 0.1) is 0 Å². The first-order chi connectivity index (χ1) is 11.2. The van der Waals surface area contributed by atoms with Crippen LogP contribution < -0.4 is 14.8 Å². The number of amides is 1. The Hall–Kier alpha value is -2.82. The minimum atomic E-state index is -0.154. The molecule has 1 amide bonds. The van der Waals surface area contributed by atoms with Crippen LogP contribution in [-0.4, -0.2) is 31.7 Å². The molecular weight excluding hydrogens is 292 g/mol. The summed E-state index contributed by atoms with van der Waals surface area (Å²) in [6, 6.07) is 11.2. The Morgan fingerprint density at radius 2 is 2.09 bits per heavy atom. The summed E-state index contributed by atoms with van der Waals surface area (Å²) in [5, 5.41) is 2.83. The van der Waals surface area contributed by atoms with E-state index < -0.39 is 0 Å². The van der Waals surface area contributed by atoms with Crippen LogP contribution in [0.5, 0.6) is 11.5 Å². The van der Waals surface area contributed by atoms with E-state index in [0.717, 1.165) is 11.3 Å². The van der Waals surface area contributed by atoms with Crippen LogP contribution in [0.15, 0.2) is 48.7 Å². The lowest BCUT2D eigenvalue weighted by Crippen LogP contribution is -2.23. The van der Waals surface area contributed by atoms with Gasteiger partial charge in [0.15, 0.2) is 0 Å². The zero-order valence-electron chi connectivity index (χ0n) is 13.3. The maximum atomic E-state index is 11.8. The van der Waals surface area contributed by atoms with E-state index in [1.54, 1.807) is 32.6 Å². The molecule has 0 spiro atoms. The highest BCUT2D eigenvalue weighted by atomic mass is 16.5. The Labute approximate surface area is 136 Å². The second kappa shape index (κ2) is 8.58. The molecule has 1 aromatic carbocycles. The Bertz CT molecular complexity index is 669. The molecule has 0 aliphatic rings. The molecule has 2 aromatic rings. The summed E-state index contributed by atoms with van der Waals surface area (Å²) in [6.07, 6.45) is 5.65. The number of benzene rings is 1. The number of carbonyl (C=O) groups is 1. The lowest BCUT2D eigenvalue weighted by atomic mass is 10.1. The second-order valence-electron chi connectivity index (χ2n) is 4.80. The Balaban J connectivity index is 1.88. The quantitative estimate of drug-likeness (QED) is 0.798. The first kappa shape index (κ1) is 16.5. The van der Waals surface area contributed by atoms with Gasteiger partial charge in [0.2, 0.25) is 5.91 Å². The SMILES string of the molecule is COc1ccc(/C=C/C(=O)NCCc2ccccn2)c(OC)c1.